The molecular formula is C14H13FN4O. The van der Waals surface area contributed by atoms with Gasteiger partial charge in [0.2, 0.25) is 0 Å². The van der Waals surface area contributed by atoms with Gasteiger partial charge in [-0.3, -0.25) is 0 Å². The fourth-order valence-corrected chi connectivity index (χ4v) is 2.23. The Kier molecular flexibility index (Phi) is 2.98. The first-order valence-corrected chi connectivity index (χ1v) is 6.24. The molecule has 20 heavy (non-hydrogen) atoms. The maximum absolute atomic E-state index is 13.4. The summed E-state index contributed by atoms with van der Waals surface area (Å²) in [4.78, 5) is 1.93. The maximum Gasteiger partial charge on any atom is 0.160 e. The van der Waals surface area contributed by atoms with Gasteiger partial charge >= 0.3 is 0 Å². The van der Waals surface area contributed by atoms with Crippen molar-refractivity contribution in [3.8, 4) is 0 Å². The Morgan fingerprint density at radius 2 is 2.00 bits per heavy atom. The zero-order valence-corrected chi connectivity index (χ0v) is 10.9. The molecule has 0 bridgehead atoms. The highest BCUT2D eigenvalue weighted by Crippen LogP contribution is 2.33. The lowest BCUT2D eigenvalue weighted by Gasteiger charge is -2.23. The van der Waals surface area contributed by atoms with E-state index < -0.39 is 0 Å². The van der Waals surface area contributed by atoms with Gasteiger partial charge in [0.05, 0.1) is 11.4 Å². The van der Waals surface area contributed by atoms with Gasteiger partial charge in [-0.1, -0.05) is 6.07 Å². The number of hydrogen-bond acceptors (Lipinski definition) is 5. The Hall–Kier alpha value is -2.63. The van der Waals surface area contributed by atoms with Gasteiger partial charge in [0, 0.05) is 12.2 Å². The monoisotopic (exact) mass is 272 g/mol. The fourth-order valence-electron chi connectivity index (χ4n) is 2.23. The molecular weight excluding hydrogens is 259 g/mol. The molecule has 1 aromatic heterocycles. The number of nitrogen functional groups attached to an aromatic ring is 1. The van der Waals surface area contributed by atoms with Crippen LogP contribution in [0, 0.1) is 5.82 Å². The summed E-state index contributed by atoms with van der Waals surface area (Å²) in [5.41, 5.74) is 8.93. The van der Waals surface area contributed by atoms with Crippen LogP contribution in [0.25, 0.3) is 11.0 Å². The molecule has 3 rings (SSSR count). The number of benzene rings is 2. The molecule has 0 atom stereocenters. The lowest BCUT2D eigenvalue weighted by molar-refractivity contribution is 0.315. The third kappa shape index (κ3) is 1.95. The van der Waals surface area contributed by atoms with Crippen molar-refractivity contribution < 1.29 is 9.02 Å². The van der Waals surface area contributed by atoms with Gasteiger partial charge in [-0.05, 0) is 47.6 Å². The van der Waals surface area contributed by atoms with E-state index in [0.29, 0.717) is 23.3 Å². The lowest BCUT2D eigenvalue weighted by Crippen LogP contribution is -2.16. The zero-order chi connectivity index (χ0) is 14.1. The number of halogens is 1. The van der Waals surface area contributed by atoms with E-state index in [1.54, 1.807) is 12.1 Å². The van der Waals surface area contributed by atoms with Crippen molar-refractivity contribution in [3.63, 3.8) is 0 Å². The van der Waals surface area contributed by atoms with Crippen LogP contribution in [0.2, 0.25) is 0 Å². The lowest BCUT2D eigenvalue weighted by atomic mass is 10.2. The van der Waals surface area contributed by atoms with Crippen molar-refractivity contribution in [1.82, 2.24) is 10.3 Å². The van der Waals surface area contributed by atoms with E-state index in [4.69, 9.17) is 10.4 Å². The molecule has 102 valence electrons. The minimum atomic E-state index is -0.286. The molecule has 0 radical (unpaired) electrons. The van der Waals surface area contributed by atoms with Crippen LogP contribution in [0.5, 0.6) is 0 Å². The largest absolute Gasteiger partial charge is 0.397 e. The third-order valence-corrected chi connectivity index (χ3v) is 3.15. The number of rotatable bonds is 3. The zero-order valence-electron chi connectivity index (χ0n) is 10.9. The number of fused-ring (bicyclic) bond motifs is 1. The van der Waals surface area contributed by atoms with E-state index in [1.165, 1.54) is 12.1 Å². The fraction of sp³-hybridized carbons (Fsp3) is 0.143. The highest BCUT2D eigenvalue weighted by Gasteiger charge is 2.16. The van der Waals surface area contributed by atoms with Gasteiger partial charge in [-0.15, -0.1) is 0 Å². The van der Waals surface area contributed by atoms with Crippen molar-refractivity contribution in [2.24, 2.45) is 0 Å². The second-order valence-corrected chi connectivity index (χ2v) is 4.36. The summed E-state index contributed by atoms with van der Waals surface area (Å²) >= 11 is 0. The van der Waals surface area contributed by atoms with E-state index >= 15 is 0 Å². The smallest absolute Gasteiger partial charge is 0.160 e. The predicted octanol–water partition coefficient (Wildman–Crippen LogP) is 3.10. The molecule has 1 heterocycles. The maximum atomic E-state index is 13.4. The molecule has 0 saturated heterocycles. The summed E-state index contributed by atoms with van der Waals surface area (Å²) in [5.74, 6) is -0.286. The van der Waals surface area contributed by atoms with Crippen LogP contribution in [0.3, 0.4) is 0 Å². The first-order valence-electron chi connectivity index (χ1n) is 6.24. The molecule has 0 aliphatic carbocycles. The van der Waals surface area contributed by atoms with Crippen molar-refractivity contribution in [2.45, 2.75) is 6.92 Å². The van der Waals surface area contributed by atoms with E-state index in [9.17, 15) is 4.39 Å². The van der Waals surface area contributed by atoms with Crippen LogP contribution in [0.1, 0.15) is 6.92 Å². The van der Waals surface area contributed by atoms with Crippen LogP contribution in [-0.2, 0) is 0 Å². The SMILES string of the molecule is CCN(c1cccc(F)c1)c1ccc(N)c2nonc12. The first-order chi connectivity index (χ1) is 9.70. The molecule has 0 fully saturated rings. The molecule has 0 aliphatic heterocycles. The molecule has 2 N–H and O–H groups in total. The van der Waals surface area contributed by atoms with E-state index in [1.807, 2.05) is 24.0 Å². The van der Waals surface area contributed by atoms with Gasteiger partial charge in [0.1, 0.15) is 5.82 Å². The number of anilines is 3. The van der Waals surface area contributed by atoms with Gasteiger partial charge in [-0.2, -0.15) is 0 Å². The second kappa shape index (κ2) is 4.80. The minimum Gasteiger partial charge on any atom is -0.397 e. The number of aromatic nitrogens is 2. The Morgan fingerprint density at radius 1 is 1.20 bits per heavy atom. The average molecular weight is 272 g/mol. The molecule has 0 unspecified atom stereocenters. The Morgan fingerprint density at radius 3 is 2.75 bits per heavy atom. The van der Waals surface area contributed by atoms with Crippen LogP contribution >= 0.6 is 0 Å². The Balaban J connectivity index is 2.17. The Bertz CT molecular complexity index is 756. The number of nitrogens with two attached hydrogens (primary N) is 1. The second-order valence-electron chi connectivity index (χ2n) is 4.36. The summed E-state index contributed by atoms with van der Waals surface area (Å²) in [5, 5.41) is 7.69. The van der Waals surface area contributed by atoms with E-state index in [2.05, 4.69) is 10.3 Å². The molecule has 6 heteroatoms. The Labute approximate surface area is 114 Å². The van der Waals surface area contributed by atoms with Crippen molar-refractivity contribution in [2.75, 3.05) is 17.2 Å². The standard InChI is InChI=1S/C14H13FN4O/c1-2-19(10-5-3-4-9(15)8-10)12-7-6-11(16)13-14(12)18-20-17-13/h3-8H,2,16H2,1H3. The van der Waals surface area contributed by atoms with Crippen molar-refractivity contribution in [3.05, 3.63) is 42.2 Å². The molecule has 2 aromatic carbocycles. The minimum absolute atomic E-state index is 0.286. The van der Waals surface area contributed by atoms with Gasteiger partial charge in [-0.25, -0.2) is 9.02 Å². The molecule has 0 saturated carbocycles. The normalized spacial score (nSPS) is 10.9. The first kappa shape index (κ1) is 12.4. The average Bonchev–Trinajstić information content (AvgIpc) is 2.92. The van der Waals surface area contributed by atoms with Crippen LogP contribution in [0.15, 0.2) is 41.0 Å². The van der Waals surface area contributed by atoms with Gasteiger partial charge in [0.15, 0.2) is 11.0 Å². The van der Waals surface area contributed by atoms with E-state index in [-0.39, 0.29) is 5.82 Å². The number of hydrogen-bond donors (Lipinski definition) is 1. The highest BCUT2D eigenvalue weighted by molar-refractivity contribution is 5.96. The van der Waals surface area contributed by atoms with Crippen molar-refractivity contribution >= 4 is 28.1 Å². The van der Waals surface area contributed by atoms with Gasteiger partial charge in [0.25, 0.3) is 0 Å². The van der Waals surface area contributed by atoms with Gasteiger partial charge < -0.3 is 10.6 Å². The topological polar surface area (TPSA) is 68.2 Å². The predicted molar refractivity (Wildman–Crippen MR) is 75.3 cm³/mol. The molecule has 0 amide bonds. The molecule has 0 spiro atoms. The summed E-state index contributed by atoms with van der Waals surface area (Å²) in [6.07, 6.45) is 0. The molecule has 0 aliphatic rings. The highest BCUT2D eigenvalue weighted by atomic mass is 19.1. The summed E-state index contributed by atoms with van der Waals surface area (Å²) in [6.45, 7) is 2.62. The summed E-state index contributed by atoms with van der Waals surface area (Å²) in [7, 11) is 0. The molecule has 3 aromatic rings. The number of nitrogens with zero attached hydrogens (tertiary/aromatic N) is 3. The molecule has 5 nitrogen and oxygen atoms in total. The third-order valence-electron chi connectivity index (χ3n) is 3.15. The quantitative estimate of drug-likeness (QED) is 0.742. The van der Waals surface area contributed by atoms with Crippen LogP contribution < -0.4 is 10.6 Å². The van der Waals surface area contributed by atoms with Crippen molar-refractivity contribution in [1.29, 1.82) is 0 Å². The van der Waals surface area contributed by atoms with Crippen LogP contribution in [0.4, 0.5) is 21.5 Å². The van der Waals surface area contributed by atoms with Crippen LogP contribution in [-0.4, -0.2) is 16.9 Å². The van der Waals surface area contributed by atoms with E-state index in [0.717, 1.165) is 11.4 Å². The summed E-state index contributed by atoms with van der Waals surface area (Å²) < 4.78 is 18.2. The summed E-state index contributed by atoms with van der Waals surface area (Å²) in [6, 6.07) is 9.96.